The Morgan fingerprint density at radius 3 is 2.88 bits per heavy atom. The highest BCUT2D eigenvalue weighted by molar-refractivity contribution is 5.49. The Labute approximate surface area is 103 Å². The first kappa shape index (κ1) is 12.3. The minimum Gasteiger partial charge on any atom is -0.351 e. The van der Waals surface area contributed by atoms with E-state index in [1.165, 1.54) is 0 Å². The molecule has 1 aromatic heterocycles. The van der Waals surface area contributed by atoms with Gasteiger partial charge in [0.1, 0.15) is 5.82 Å². The first-order valence-corrected chi connectivity index (χ1v) is 6.25. The molecule has 4 heteroatoms. The van der Waals surface area contributed by atoms with Gasteiger partial charge in [-0.1, -0.05) is 6.07 Å². The molecule has 0 aliphatic carbocycles. The number of piperazine rings is 1. The minimum absolute atomic E-state index is 0.0329. The Bertz CT molecular complexity index is 377. The number of likely N-dealkylation sites (N-methyl/N-ethyl adjacent to an activating group) is 1. The summed E-state index contributed by atoms with van der Waals surface area (Å²) in [6, 6.07) is 4.56. The molecule has 2 atom stereocenters. The van der Waals surface area contributed by atoms with Gasteiger partial charge in [0.25, 0.3) is 0 Å². The fraction of sp³-hybridized carbons (Fsp3) is 0.615. The van der Waals surface area contributed by atoms with Crippen LogP contribution in [0.2, 0.25) is 0 Å². The number of rotatable bonds is 2. The van der Waals surface area contributed by atoms with Crippen molar-refractivity contribution in [2.24, 2.45) is 5.73 Å². The van der Waals surface area contributed by atoms with E-state index in [0.29, 0.717) is 6.04 Å². The molecule has 1 aliphatic rings. The summed E-state index contributed by atoms with van der Waals surface area (Å²) in [7, 11) is 2.17. The van der Waals surface area contributed by atoms with E-state index in [0.717, 1.165) is 31.0 Å². The number of nitrogens with zero attached hydrogens (tertiary/aromatic N) is 3. The summed E-state index contributed by atoms with van der Waals surface area (Å²) in [4.78, 5) is 9.26. The Morgan fingerprint density at radius 2 is 2.24 bits per heavy atom. The lowest BCUT2D eigenvalue weighted by Gasteiger charge is -2.40. The van der Waals surface area contributed by atoms with Crippen LogP contribution in [0.3, 0.4) is 0 Å². The molecule has 0 amide bonds. The van der Waals surface area contributed by atoms with Crippen LogP contribution in [-0.2, 0) is 0 Å². The fourth-order valence-electron chi connectivity index (χ4n) is 2.46. The molecule has 2 rings (SSSR count). The Kier molecular flexibility index (Phi) is 3.64. The standard InChI is InChI=1S/C13H22N4/c1-10-9-16(3)7-8-17(10)13-12(11(2)14)5-4-6-15-13/h4-6,10-11H,7-9,14H2,1-3H3/t10?,11-/m1/s1. The topological polar surface area (TPSA) is 45.4 Å². The van der Waals surface area contributed by atoms with Gasteiger partial charge in [-0.05, 0) is 27.0 Å². The van der Waals surface area contributed by atoms with Crippen molar-refractivity contribution in [2.75, 3.05) is 31.6 Å². The normalized spacial score (nSPS) is 23.8. The van der Waals surface area contributed by atoms with Gasteiger partial charge in [-0.25, -0.2) is 4.98 Å². The van der Waals surface area contributed by atoms with Crippen molar-refractivity contribution in [2.45, 2.75) is 25.9 Å². The third-order valence-corrected chi connectivity index (χ3v) is 3.41. The number of hydrogen-bond donors (Lipinski definition) is 1. The Morgan fingerprint density at radius 1 is 1.47 bits per heavy atom. The van der Waals surface area contributed by atoms with Gasteiger partial charge in [0.05, 0.1) is 0 Å². The first-order chi connectivity index (χ1) is 8.09. The van der Waals surface area contributed by atoms with Crippen molar-refractivity contribution >= 4 is 5.82 Å². The molecule has 1 aliphatic heterocycles. The van der Waals surface area contributed by atoms with Crippen LogP contribution in [0.4, 0.5) is 5.82 Å². The molecule has 2 heterocycles. The van der Waals surface area contributed by atoms with Gasteiger partial charge in [0.15, 0.2) is 0 Å². The van der Waals surface area contributed by atoms with Crippen LogP contribution < -0.4 is 10.6 Å². The van der Waals surface area contributed by atoms with Crippen molar-refractivity contribution in [3.63, 3.8) is 0 Å². The van der Waals surface area contributed by atoms with E-state index in [4.69, 9.17) is 5.73 Å². The third kappa shape index (κ3) is 2.58. The van der Waals surface area contributed by atoms with Crippen LogP contribution in [-0.4, -0.2) is 42.6 Å². The van der Waals surface area contributed by atoms with E-state index in [2.05, 4.69) is 34.8 Å². The second-order valence-corrected chi connectivity index (χ2v) is 5.01. The van der Waals surface area contributed by atoms with Crippen molar-refractivity contribution in [1.82, 2.24) is 9.88 Å². The lowest BCUT2D eigenvalue weighted by molar-refractivity contribution is 0.274. The second-order valence-electron chi connectivity index (χ2n) is 5.01. The van der Waals surface area contributed by atoms with Crippen LogP contribution in [0.1, 0.15) is 25.5 Å². The summed E-state index contributed by atoms with van der Waals surface area (Å²) in [5.74, 6) is 1.06. The lowest BCUT2D eigenvalue weighted by Crippen LogP contribution is -2.51. The maximum Gasteiger partial charge on any atom is 0.133 e. The molecule has 0 aromatic carbocycles. The zero-order valence-electron chi connectivity index (χ0n) is 10.9. The van der Waals surface area contributed by atoms with Gasteiger partial charge in [-0.3, -0.25) is 0 Å². The quantitative estimate of drug-likeness (QED) is 0.836. The molecule has 1 aromatic rings. The van der Waals surface area contributed by atoms with E-state index in [1.54, 1.807) is 0 Å². The van der Waals surface area contributed by atoms with Crippen molar-refractivity contribution in [3.05, 3.63) is 23.9 Å². The van der Waals surface area contributed by atoms with Gasteiger partial charge in [0, 0.05) is 43.5 Å². The largest absolute Gasteiger partial charge is 0.351 e. The van der Waals surface area contributed by atoms with Gasteiger partial charge < -0.3 is 15.5 Å². The second kappa shape index (κ2) is 5.02. The molecule has 1 fully saturated rings. The zero-order valence-corrected chi connectivity index (χ0v) is 10.9. The van der Waals surface area contributed by atoms with Gasteiger partial charge in [0.2, 0.25) is 0 Å². The maximum atomic E-state index is 6.02. The van der Waals surface area contributed by atoms with E-state index in [1.807, 2.05) is 19.2 Å². The summed E-state index contributed by atoms with van der Waals surface area (Å²) < 4.78 is 0. The maximum absolute atomic E-state index is 6.02. The average Bonchev–Trinajstić information content (AvgIpc) is 2.29. The summed E-state index contributed by atoms with van der Waals surface area (Å²) in [5.41, 5.74) is 7.16. The first-order valence-electron chi connectivity index (χ1n) is 6.25. The third-order valence-electron chi connectivity index (χ3n) is 3.41. The van der Waals surface area contributed by atoms with E-state index in [-0.39, 0.29) is 6.04 Å². The molecule has 0 saturated carbocycles. The molecule has 1 saturated heterocycles. The highest BCUT2D eigenvalue weighted by atomic mass is 15.3. The van der Waals surface area contributed by atoms with Crippen LogP contribution >= 0.6 is 0 Å². The Hall–Kier alpha value is -1.13. The highest BCUT2D eigenvalue weighted by Gasteiger charge is 2.24. The van der Waals surface area contributed by atoms with Crippen molar-refractivity contribution in [1.29, 1.82) is 0 Å². The molecule has 1 unspecified atom stereocenters. The number of aromatic nitrogens is 1. The summed E-state index contributed by atoms with van der Waals surface area (Å²) in [6.45, 7) is 7.44. The summed E-state index contributed by atoms with van der Waals surface area (Å²) in [6.07, 6.45) is 1.85. The summed E-state index contributed by atoms with van der Waals surface area (Å²) in [5, 5.41) is 0. The minimum atomic E-state index is 0.0329. The predicted molar refractivity (Wildman–Crippen MR) is 71.1 cm³/mol. The van der Waals surface area contributed by atoms with Crippen LogP contribution in [0.5, 0.6) is 0 Å². The molecule has 94 valence electrons. The zero-order chi connectivity index (χ0) is 12.4. The smallest absolute Gasteiger partial charge is 0.133 e. The van der Waals surface area contributed by atoms with Gasteiger partial charge in [-0.15, -0.1) is 0 Å². The molecule has 2 N–H and O–H groups in total. The van der Waals surface area contributed by atoms with E-state index < -0.39 is 0 Å². The van der Waals surface area contributed by atoms with E-state index >= 15 is 0 Å². The SMILES string of the molecule is CC1CN(C)CCN1c1ncccc1[C@@H](C)N. The van der Waals surface area contributed by atoms with Crippen LogP contribution in [0.15, 0.2) is 18.3 Å². The number of anilines is 1. The molecule has 0 spiro atoms. The molecular formula is C13H22N4. The predicted octanol–water partition coefficient (Wildman–Crippen LogP) is 1.24. The molecule has 4 nitrogen and oxygen atoms in total. The highest BCUT2D eigenvalue weighted by Crippen LogP contribution is 2.25. The number of hydrogen-bond acceptors (Lipinski definition) is 4. The van der Waals surface area contributed by atoms with Gasteiger partial charge >= 0.3 is 0 Å². The average molecular weight is 234 g/mol. The van der Waals surface area contributed by atoms with Crippen LogP contribution in [0.25, 0.3) is 0 Å². The van der Waals surface area contributed by atoms with Crippen LogP contribution in [0, 0.1) is 0 Å². The molecular weight excluding hydrogens is 212 g/mol. The van der Waals surface area contributed by atoms with Crippen molar-refractivity contribution < 1.29 is 0 Å². The molecule has 0 radical (unpaired) electrons. The number of nitrogens with two attached hydrogens (primary N) is 1. The Balaban J connectivity index is 2.27. The lowest BCUT2D eigenvalue weighted by atomic mass is 10.1. The molecule has 0 bridgehead atoms. The van der Waals surface area contributed by atoms with E-state index in [9.17, 15) is 0 Å². The fourth-order valence-corrected chi connectivity index (χ4v) is 2.46. The number of pyridine rings is 1. The molecule has 17 heavy (non-hydrogen) atoms. The van der Waals surface area contributed by atoms with Crippen molar-refractivity contribution in [3.8, 4) is 0 Å². The summed E-state index contributed by atoms with van der Waals surface area (Å²) >= 11 is 0. The van der Waals surface area contributed by atoms with Gasteiger partial charge in [-0.2, -0.15) is 0 Å². The monoisotopic (exact) mass is 234 g/mol.